The molecule has 0 aromatic carbocycles. The second-order valence-electron chi connectivity index (χ2n) is 3.73. The molecule has 0 radical (unpaired) electrons. The van der Waals surface area contributed by atoms with Crippen LogP contribution in [0.4, 0.5) is 5.82 Å². The number of anilines is 1. The standard InChI is InChI=1S/C12H12N6/c1-2-13-11-9-7-17-18(12(9)16-8-15-11)10-5-3-4-6-14-10/h3-8H,2H2,1H3,(H,13,15,16). The molecule has 0 saturated carbocycles. The number of rotatable bonds is 3. The summed E-state index contributed by atoms with van der Waals surface area (Å²) < 4.78 is 1.71. The Morgan fingerprint density at radius 3 is 2.94 bits per heavy atom. The molecule has 0 spiro atoms. The van der Waals surface area contributed by atoms with Crippen LogP contribution in [-0.2, 0) is 0 Å². The molecule has 0 atom stereocenters. The fourth-order valence-corrected chi connectivity index (χ4v) is 1.80. The van der Waals surface area contributed by atoms with E-state index in [9.17, 15) is 0 Å². The van der Waals surface area contributed by atoms with Crippen LogP contribution in [0.15, 0.2) is 36.9 Å². The maximum atomic E-state index is 4.32. The predicted molar refractivity (Wildman–Crippen MR) is 68.6 cm³/mol. The SMILES string of the molecule is CCNc1ncnc2c1cnn2-c1ccccn1. The van der Waals surface area contributed by atoms with Crippen molar-refractivity contribution in [1.82, 2.24) is 24.7 Å². The van der Waals surface area contributed by atoms with Gasteiger partial charge in [0.2, 0.25) is 0 Å². The highest BCUT2D eigenvalue weighted by Crippen LogP contribution is 2.20. The van der Waals surface area contributed by atoms with Crippen LogP contribution in [0.1, 0.15) is 6.92 Å². The molecule has 0 aliphatic heterocycles. The van der Waals surface area contributed by atoms with Gasteiger partial charge in [-0.25, -0.2) is 15.0 Å². The zero-order chi connectivity index (χ0) is 12.4. The lowest BCUT2D eigenvalue weighted by Gasteiger charge is -2.03. The van der Waals surface area contributed by atoms with Crippen LogP contribution in [0.25, 0.3) is 16.9 Å². The molecular weight excluding hydrogens is 228 g/mol. The summed E-state index contributed by atoms with van der Waals surface area (Å²) in [6, 6.07) is 5.68. The summed E-state index contributed by atoms with van der Waals surface area (Å²) in [5, 5.41) is 8.40. The summed E-state index contributed by atoms with van der Waals surface area (Å²) >= 11 is 0. The molecule has 0 aliphatic carbocycles. The first-order valence-corrected chi connectivity index (χ1v) is 5.74. The Labute approximate surface area is 104 Å². The molecule has 0 aliphatic rings. The van der Waals surface area contributed by atoms with Crippen molar-refractivity contribution in [1.29, 1.82) is 0 Å². The molecule has 0 amide bonds. The van der Waals surface area contributed by atoms with Crippen LogP contribution in [0.5, 0.6) is 0 Å². The van der Waals surface area contributed by atoms with Gasteiger partial charge in [0.25, 0.3) is 0 Å². The van der Waals surface area contributed by atoms with Crippen LogP contribution >= 0.6 is 0 Å². The number of fused-ring (bicyclic) bond motifs is 1. The first-order valence-electron chi connectivity index (χ1n) is 5.74. The zero-order valence-corrected chi connectivity index (χ0v) is 9.91. The first-order chi connectivity index (χ1) is 8.90. The van der Waals surface area contributed by atoms with Gasteiger partial charge >= 0.3 is 0 Å². The molecule has 0 fully saturated rings. The van der Waals surface area contributed by atoms with Crippen LogP contribution in [0.3, 0.4) is 0 Å². The van der Waals surface area contributed by atoms with E-state index in [2.05, 4.69) is 25.4 Å². The number of pyridine rings is 1. The maximum absolute atomic E-state index is 4.32. The van der Waals surface area contributed by atoms with Gasteiger partial charge in [-0.2, -0.15) is 9.78 Å². The lowest BCUT2D eigenvalue weighted by molar-refractivity contribution is 0.861. The maximum Gasteiger partial charge on any atom is 0.170 e. The van der Waals surface area contributed by atoms with Crippen LogP contribution in [0.2, 0.25) is 0 Å². The van der Waals surface area contributed by atoms with E-state index >= 15 is 0 Å². The van der Waals surface area contributed by atoms with E-state index in [4.69, 9.17) is 0 Å². The molecule has 0 bridgehead atoms. The Morgan fingerprint density at radius 2 is 2.17 bits per heavy atom. The minimum absolute atomic E-state index is 0.744. The number of nitrogens with zero attached hydrogens (tertiary/aromatic N) is 5. The van der Waals surface area contributed by atoms with Crippen molar-refractivity contribution in [2.75, 3.05) is 11.9 Å². The molecule has 3 aromatic heterocycles. The van der Waals surface area contributed by atoms with Gasteiger partial charge in [0.1, 0.15) is 12.1 Å². The fourth-order valence-electron chi connectivity index (χ4n) is 1.80. The third-order valence-electron chi connectivity index (χ3n) is 2.58. The van der Waals surface area contributed by atoms with E-state index in [1.165, 1.54) is 6.33 Å². The van der Waals surface area contributed by atoms with Gasteiger partial charge < -0.3 is 5.32 Å². The predicted octanol–water partition coefficient (Wildman–Crippen LogP) is 1.64. The van der Waals surface area contributed by atoms with Gasteiger partial charge in [-0.05, 0) is 19.1 Å². The zero-order valence-electron chi connectivity index (χ0n) is 9.91. The second-order valence-corrected chi connectivity index (χ2v) is 3.73. The molecule has 6 heteroatoms. The third-order valence-corrected chi connectivity index (χ3v) is 2.58. The lowest BCUT2D eigenvalue weighted by Crippen LogP contribution is -2.02. The topological polar surface area (TPSA) is 68.5 Å². The normalized spacial score (nSPS) is 10.7. The highest BCUT2D eigenvalue weighted by atomic mass is 15.3. The number of nitrogens with one attached hydrogen (secondary N) is 1. The molecule has 90 valence electrons. The largest absolute Gasteiger partial charge is 0.370 e. The minimum Gasteiger partial charge on any atom is -0.370 e. The summed E-state index contributed by atoms with van der Waals surface area (Å²) in [6.07, 6.45) is 5.01. The average Bonchev–Trinajstić information content (AvgIpc) is 2.85. The first kappa shape index (κ1) is 10.6. The van der Waals surface area contributed by atoms with Gasteiger partial charge in [-0.15, -0.1) is 0 Å². The van der Waals surface area contributed by atoms with E-state index in [0.29, 0.717) is 0 Å². The third kappa shape index (κ3) is 1.67. The molecular formula is C12H12N6. The molecule has 0 unspecified atom stereocenters. The number of hydrogen-bond donors (Lipinski definition) is 1. The monoisotopic (exact) mass is 240 g/mol. The summed E-state index contributed by atoms with van der Waals surface area (Å²) in [4.78, 5) is 12.7. The Bertz CT molecular complexity index is 661. The van der Waals surface area contributed by atoms with Crippen LogP contribution in [-0.4, -0.2) is 31.3 Å². The van der Waals surface area contributed by atoms with Crippen LogP contribution in [0, 0.1) is 0 Å². The molecule has 6 nitrogen and oxygen atoms in total. The van der Waals surface area contributed by atoms with E-state index in [1.807, 2.05) is 25.1 Å². The van der Waals surface area contributed by atoms with Crippen LogP contribution < -0.4 is 5.32 Å². The molecule has 3 rings (SSSR count). The molecule has 18 heavy (non-hydrogen) atoms. The lowest BCUT2D eigenvalue weighted by atomic mass is 10.4. The average molecular weight is 240 g/mol. The Kier molecular flexibility index (Phi) is 2.60. The van der Waals surface area contributed by atoms with Gasteiger partial charge in [-0.1, -0.05) is 6.07 Å². The highest BCUT2D eigenvalue weighted by molar-refractivity contribution is 5.86. The van der Waals surface area contributed by atoms with E-state index in [0.717, 1.165) is 29.2 Å². The van der Waals surface area contributed by atoms with Crippen molar-refractivity contribution in [3.05, 3.63) is 36.9 Å². The van der Waals surface area contributed by atoms with E-state index in [1.54, 1.807) is 17.1 Å². The van der Waals surface area contributed by atoms with Gasteiger partial charge in [-0.3, -0.25) is 0 Å². The van der Waals surface area contributed by atoms with Crippen molar-refractivity contribution < 1.29 is 0 Å². The smallest absolute Gasteiger partial charge is 0.170 e. The quantitative estimate of drug-likeness (QED) is 0.753. The van der Waals surface area contributed by atoms with Crippen molar-refractivity contribution in [3.8, 4) is 5.82 Å². The Hall–Kier alpha value is -2.50. The summed E-state index contributed by atoms with van der Waals surface area (Å²) in [5.74, 6) is 1.54. The van der Waals surface area contributed by atoms with Crippen molar-refractivity contribution >= 4 is 16.9 Å². The van der Waals surface area contributed by atoms with Crippen molar-refractivity contribution in [2.24, 2.45) is 0 Å². The summed E-state index contributed by atoms with van der Waals surface area (Å²) in [7, 11) is 0. The Balaban J connectivity index is 2.18. The second kappa shape index (κ2) is 4.40. The number of aromatic nitrogens is 5. The molecule has 3 aromatic rings. The molecule has 1 N–H and O–H groups in total. The van der Waals surface area contributed by atoms with E-state index in [-0.39, 0.29) is 0 Å². The van der Waals surface area contributed by atoms with Crippen molar-refractivity contribution in [2.45, 2.75) is 6.92 Å². The number of hydrogen-bond acceptors (Lipinski definition) is 5. The van der Waals surface area contributed by atoms with E-state index < -0.39 is 0 Å². The molecule has 3 heterocycles. The summed E-state index contributed by atoms with van der Waals surface area (Å²) in [6.45, 7) is 2.83. The van der Waals surface area contributed by atoms with Gasteiger partial charge in [0.15, 0.2) is 11.5 Å². The van der Waals surface area contributed by atoms with Crippen molar-refractivity contribution in [3.63, 3.8) is 0 Å². The van der Waals surface area contributed by atoms with Gasteiger partial charge in [0.05, 0.1) is 11.6 Å². The minimum atomic E-state index is 0.744. The summed E-state index contributed by atoms with van der Waals surface area (Å²) in [5.41, 5.74) is 0.750. The Morgan fingerprint density at radius 1 is 1.22 bits per heavy atom. The van der Waals surface area contributed by atoms with Gasteiger partial charge in [0, 0.05) is 12.7 Å². The molecule has 0 saturated heterocycles. The highest BCUT2D eigenvalue weighted by Gasteiger charge is 2.10. The fraction of sp³-hybridized carbons (Fsp3) is 0.167.